The number of benzene rings is 1. The number of nitrogens with zero attached hydrogens (tertiary/aromatic N) is 1. The molecule has 1 heterocycles. The zero-order valence-corrected chi connectivity index (χ0v) is 10.4. The number of rotatable bonds is 4. The highest BCUT2D eigenvalue weighted by atomic mass is 32.2. The topological polar surface area (TPSA) is 76.2 Å². The molecule has 1 aromatic heterocycles. The Morgan fingerprint density at radius 1 is 1.33 bits per heavy atom. The van der Waals surface area contributed by atoms with Crippen LogP contribution in [0.3, 0.4) is 0 Å². The number of carbonyl (C=O) groups is 1. The van der Waals surface area contributed by atoms with E-state index in [0.717, 1.165) is 10.6 Å². The van der Waals surface area contributed by atoms with E-state index >= 15 is 0 Å². The lowest BCUT2D eigenvalue weighted by atomic mass is 10.1. The molecule has 0 fully saturated rings. The van der Waals surface area contributed by atoms with Crippen molar-refractivity contribution in [3.8, 4) is 0 Å². The van der Waals surface area contributed by atoms with Gasteiger partial charge in [0, 0.05) is 11.9 Å². The summed E-state index contributed by atoms with van der Waals surface area (Å²) in [6.07, 6.45) is 1.69. The van der Waals surface area contributed by atoms with Crippen LogP contribution in [0.4, 0.5) is 5.69 Å². The van der Waals surface area contributed by atoms with Crippen molar-refractivity contribution in [2.45, 2.75) is 10.8 Å². The number of nitrogens with two attached hydrogens (primary N) is 1. The van der Waals surface area contributed by atoms with Gasteiger partial charge in [0.2, 0.25) is 0 Å². The summed E-state index contributed by atoms with van der Waals surface area (Å²) < 4.78 is 0. The van der Waals surface area contributed by atoms with Crippen LogP contribution in [0.15, 0.2) is 47.6 Å². The van der Waals surface area contributed by atoms with Crippen LogP contribution in [-0.4, -0.2) is 16.1 Å². The van der Waals surface area contributed by atoms with E-state index in [4.69, 9.17) is 10.8 Å². The maximum atomic E-state index is 10.8. The Kier molecular flexibility index (Phi) is 3.84. The van der Waals surface area contributed by atoms with Gasteiger partial charge < -0.3 is 10.8 Å². The summed E-state index contributed by atoms with van der Waals surface area (Å²) in [4.78, 5) is 15.0. The van der Waals surface area contributed by atoms with Crippen molar-refractivity contribution in [3.63, 3.8) is 0 Å². The van der Waals surface area contributed by atoms with Crippen LogP contribution < -0.4 is 5.73 Å². The van der Waals surface area contributed by atoms with Gasteiger partial charge in [0.05, 0.1) is 11.3 Å². The Morgan fingerprint density at radius 2 is 2.17 bits per heavy atom. The predicted octanol–water partition coefficient (Wildman–Crippen LogP) is 2.65. The second-order valence-electron chi connectivity index (χ2n) is 3.69. The van der Waals surface area contributed by atoms with E-state index in [2.05, 4.69) is 4.98 Å². The molecule has 92 valence electrons. The molecule has 0 spiro atoms. The molecular weight excluding hydrogens is 248 g/mol. The molecule has 0 amide bonds. The van der Waals surface area contributed by atoms with Crippen molar-refractivity contribution in [3.05, 3.63) is 53.7 Å². The fourth-order valence-corrected chi connectivity index (χ4v) is 2.32. The number of hydrogen-bond donors (Lipinski definition) is 2. The van der Waals surface area contributed by atoms with Crippen LogP contribution in [0.5, 0.6) is 0 Å². The lowest BCUT2D eigenvalue weighted by molar-refractivity contribution is 0.0697. The van der Waals surface area contributed by atoms with E-state index in [-0.39, 0.29) is 0 Å². The van der Waals surface area contributed by atoms with Gasteiger partial charge in [-0.05, 0) is 29.8 Å². The molecule has 2 rings (SSSR count). The Morgan fingerprint density at radius 3 is 2.89 bits per heavy atom. The number of aromatic carboxylic acids is 1. The molecule has 0 unspecified atom stereocenters. The Hall–Kier alpha value is -2.01. The number of anilines is 1. The lowest BCUT2D eigenvalue weighted by Crippen LogP contribution is -1.97. The summed E-state index contributed by atoms with van der Waals surface area (Å²) in [7, 11) is 0. The molecule has 0 bridgehead atoms. The quantitative estimate of drug-likeness (QED) is 0.826. The van der Waals surface area contributed by atoms with Crippen LogP contribution in [0, 0.1) is 0 Å². The van der Waals surface area contributed by atoms with Crippen molar-refractivity contribution < 1.29 is 9.90 Å². The van der Waals surface area contributed by atoms with Gasteiger partial charge >= 0.3 is 5.97 Å². The van der Waals surface area contributed by atoms with Crippen molar-refractivity contribution >= 4 is 23.4 Å². The Balaban J connectivity index is 2.09. The van der Waals surface area contributed by atoms with E-state index in [1.807, 2.05) is 6.07 Å². The molecule has 1 aromatic carbocycles. The molecule has 3 N–H and O–H groups in total. The number of carboxylic acids is 1. The minimum atomic E-state index is -0.917. The van der Waals surface area contributed by atoms with Gasteiger partial charge in [0.25, 0.3) is 0 Å². The molecule has 2 aromatic rings. The monoisotopic (exact) mass is 260 g/mol. The maximum Gasteiger partial charge on any atom is 0.335 e. The third kappa shape index (κ3) is 3.01. The first kappa shape index (κ1) is 12.4. The molecule has 0 atom stereocenters. The minimum Gasteiger partial charge on any atom is -0.478 e. The average molecular weight is 260 g/mol. The Labute approximate surface area is 109 Å². The summed E-state index contributed by atoms with van der Waals surface area (Å²) >= 11 is 1.49. The first-order valence-electron chi connectivity index (χ1n) is 5.32. The highest BCUT2D eigenvalue weighted by Crippen LogP contribution is 2.25. The van der Waals surface area contributed by atoms with Crippen LogP contribution in [0.25, 0.3) is 0 Å². The SMILES string of the molecule is Nc1cccnc1SCc1cccc(C(=O)O)c1. The predicted molar refractivity (Wildman–Crippen MR) is 71.6 cm³/mol. The summed E-state index contributed by atoms with van der Waals surface area (Å²) in [5.41, 5.74) is 7.65. The molecule has 0 aliphatic carbocycles. The smallest absolute Gasteiger partial charge is 0.335 e. The highest BCUT2D eigenvalue weighted by molar-refractivity contribution is 7.98. The maximum absolute atomic E-state index is 10.8. The van der Waals surface area contributed by atoms with Crippen LogP contribution >= 0.6 is 11.8 Å². The zero-order chi connectivity index (χ0) is 13.0. The number of hydrogen-bond acceptors (Lipinski definition) is 4. The molecule has 0 saturated heterocycles. The van der Waals surface area contributed by atoms with Crippen molar-refractivity contribution in [1.82, 2.24) is 4.98 Å². The van der Waals surface area contributed by atoms with Gasteiger partial charge in [0.1, 0.15) is 5.03 Å². The summed E-state index contributed by atoms with van der Waals surface area (Å²) in [6.45, 7) is 0. The average Bonchev–Trinajstić information content (AvgIpc) is 2.38. The first-order chi connectivity index (χ1) is 8.66. The molecule has 18 heavy (non-hydrogen) atoms. The summed E-state index contributed by atoms with van der Waals surface area (Å²) in [6, 6.07) is 10.4. The van der Waals surface area contributed by atoms with Gasteiger partial charge in [-0.25, -0.2) is 9.78 Å². The zero-order valence-electron chi connectivity index (χ0n) is 9.54. The lowest BCUT2D eigenvalue weighted by Gasteiger charge is -2.04. The number of aromatic nitrogens is 1. The van der Waals surface area contributed by atoms with E-state index in [9.17, 15) is 4.79 Å². The fraction of sp³-hybridized carbons (Fsp3) is 0.0769. The van der Waals surface area contributed by atoms with Crippen molar-refractivity contribution in [2.24, 2.45) is 0 Å². The van der Waals surface area contributed by atoms with Gasteiger partial charge in [-0.15, -0.1) is 0 Å². The van der Waals surface area contributed by atoms with E-state index in [1.54, 1.807) is 36.5 Å². The fourth-order valence-electron chi connectivity index (χ4n) is 1.47. The molecule has 4 nitrogen and oxygen atoms in total. The normalized spacial score (nSPS) is 10.2. The van der Waals surface area contributed by atoms with E-state index < -0.39 is 5.97 Å². The van der Waals surface area contributed by atoms with Gasteiger partial charge in [-0.3, -0.25) is 0 Å². The van der Waals surface area contributed by atoms with E-state index in [1.165, 1.54) is 11.8 Å². The Bertz CT molecular complexity index is 572. The molecule has 0 radical (unpaired) electrons. The number of pyridine rings is 1. The molecular formula is C13H12N2O2S. The number of carboxylic acid groups (broad SMARTS) is 1. The van der Waals surface area contributed by atoms with Crippen LogP contribution in [0.1, 0.15) is 15.9 Å². The highest BCUT2D eigenvalue weighted by Gasteiger charge is 2.05. The second kappa shape index (κ2) is 5.55. The van der Waals surface area contributed by atoms with E-state index in [0.29, 0.717) is 17.0 Å². The minimum absolute atomic E-state index is 0.294. The van der Waals surface area contributed by atoms with Gasteiger partial charge in [0.15, 0.2) is 0 Å². The second-order valence-corrected chi connectivity index (χ2v) is 4.66. The first-order valence-corrected chi connectivity index (χ1v) is 6.31. The number of thioether (sulfide) groups is 1. The third-order valence-electron chi connectivity index (χ3n) is 2.35. The summed E-state index contributed by atoms with van der Waals surface area (Å²) in [5.74, 6) is -0.276. The molecule has 5 heteroatoms. The largest absolute Gasteiger partial charge is 0.478 e. The molecule has 0 saturated carbocycles. The molecule has 0 aliphatic heterocycles. The number of nitrogen functional groups attached to an aromatic ring is 1. The third-order valence-corrected chi connectivity index (χ3v) is 3.44. The van der Waals surface area contributed by atoms with Crippen molar-refractivity contribution in [2.75, 3.05) is 5.73 Å². The van der Waals surface area contributed by atoms with Gasteiger partial charge in [-0.1, -0.05) is 23.9 Å². The standard InChI is InChI=1S/C13H12N2O2S/c14-11-5-2-6-15-12(11)18-8-9-3-1-4-10(7-9)13(16)17/h1-7H,8,14H2,(H,16,17). The summed E-state index contributed by atoms with van der Waals surface area (Å²) in [5, 5.41) is 9.66. The van der Waals surface area contributed by atoms with Gasteiger partial charge in [-0.2, -0.15) is 0 Å². The van der Waals surface area contributed by atoms with Crippen LogP contribution in [-0.2, 0) is 5.75 Å². The molecule has 0 aliphatic rings. The van der Waals surface area contributed by atoms with Crippen LogP contribution in [0.2, 0.25) is 0 Å². The van der Waals surface area contributed by atoms with Crippen molar-refractivity contribution in [1.29, 1.82) is 0 Å².